The first-order valence-electron chi connectivity index (χ1n) is 9.61. The molecule has 4 rings (SSSR count). The van der Waals surface area contributed by atoms with Gasteiger partial charge in [-0.1, -0.05) is 30.0 Å². The first-order valence-corrected chi connectivity index (χ1v) is 9.61. The molecular formula is C23H23NO4. The van der Waals surface area contributed by atoms with Crippen molar-refractivity contribution in [1.29, 1.82) is 0 Å². The molecule has 2 heterocycles. The highest BCUT2D eigenvalue weighted by atomic mass is 16.5. The number of ether oxygens (including phenoxy) is 1. The Morgan fingerprint density at radius 3 is 2.61 bits per heavy atom. The molecule has 5 nitrogen and oxygen atoms in total. The minimum atomic E-state index is -0.205. The molecule has 144 valence electrons. The van der Waals surface area contributed by atoms with Gasteiger partial charge in [-0.05, 0) is 38.5 Å². The van der Waals surface area contributed by atoms with Crippen molar-refractivity contribution >= 4 is 22.8 Å². The number of ketones is 1. The normalized spacial score (nSPS) is 14.9. The summed E-state index contributed by atoms with van der Waals surface area (Å²) in [6, 6.07) is 11.1. The number of Topliss-reactive ketones (excluding diaryl/α,β-unsaturated/α-hetero) is 1. The second-order valence-corrected chi connectivity index (χ2v) is 7.13. The zero-order valence-electron chi connectivity index (χ0n) is 16.3. The average molecular weight is 377 g/mol. The predicted molar refractivity (Wildman–Crippen MR) is 106 cm³/mol. The molecule has 1 aliphatic heterocycles. The van der Waals surface area contributed by atoms with Gasteiger partial charge in [-0.25, -0.2) is 0 Å². The summed E-state index contributed by atoms with van der Waals surface area (Å²) in [4.78, 5) is 14.2. The smallest absolute Gasteiger partial charge is 0.232 e. The third kappa shape index (κ3) is 3.08. The van der Waals surface area contributed by atoms with E-state index in [9.17, 15) is 9.90 Å². The van der Waals surface area contributed by atoms with Crippen LogP contribution < -0.4 is 14.7 Å². The van der Waals surface area contributed by atoms with Gasteiger partial charge in [-0.15, -0.1) is 0 Å². The maximum Gasteiger partial charge on any atom is 0.232 e. The Kier molecular flexibility index (Phi) is 4.69. The van der Waals surface area contributed by atoms with Crippen molar-refractivity contribution in [3.63, 3.8) is 0 Å². The Balaban J connectivity index is 1.75. The minimum absolute atomic E-state index is 0.0755. The van der Waals surface area contributed by atoms with Gasteiger partial charge < -0.3 is 19.2 Å². The Bertz CT molecular complexity index is 1060. The molecule has 0 fully saturated rings. The lowest BCUT2D eigenvalue weighted by molar-refractivity contribution is -0.910. The van der Waals surface area contributed by atoms with Crippen LogP contribution in [0.1, 0.15) is 41.1 Å². The first kappa shape index (κ1) is 18.3. The maximum atomic E-state index is 13.0. The number of aryl methyl sites for hydroxylation is 1. The van der Waals surface area contributed by atoms with Crippen LogP contribution in [0, 0.1) is 6.92 Å². The van der Waals surface area contributed by atoms with Gasteiger partial charge >= 0.3 is 0 Å². The number of benzene rings is 2. The van der Waals surface area contributed by atoms with Gasteiger partial charge in [0.1, 0.15) is 23.6 Å². The van der Waals surface area contributed by atoms with E-state index >= 15 is 0 Å². The highest BCUT2D eigenvalue weighted by Crippen LogP contribution is 2.40. The number of carbonyl (C=O) groups is 1. The number of hydrogen-bond donors (Lipinski definition) is 1. The zero-order valence-corrected chi connectivity index (χ0v) is 16.3. The molecule has 0 saturated heterocycles. The monoisotopic (exact) mass is 377 g/mol. The van der Waals surface area contributed by atoms with Crippen LogP contribution in [-0.4, -0.2) is 18.9 Å². The fourth-order valence-electron chi connectivity index (χ4n) is 3.69. The van der Waals surface area contributed by atoms with Crippen LogP contribution in [0.2, 0.25) is 0 Å². The van der Waals surface area contributed by atoms with Crippen LogP contribution in [0.3, 0.4) is 0 Å². The van der Waals surface area contributed by atoms with Gasteiger partial charge in [0.25, 0.3) is 0 Å². The molecular weight excluding hydrogens is 354 g/mol. The van der Waals surface area contributed by atoms with Crippen molar-refractivity contribution in [2.24, 2.45) is 0 Å². The number of nitrogens with one attached hydrogen (secondary N) is 1. The molecule has 0 amide bonds. The van der Waals surface area contributed by atoms with E-state index in [1.54, 1.807) is 19.1 Å². The van der Waals surface area contributed by atoms with Gasteiger partial charge in [0.05, 0.1) is 18.7 Å². The number of furan rings is 1. The van der Waals surface area contributed by atoms with Gasteiger partial charge in [-0.3, -0.25) is 4.79 Å². The minimum Gasteiger partial charge on any atom is -0.872 e. The second kappa shape index (κ2) is 7.17. The third-order valence-electron chi connectivity index (χ3n) is 5.35. The molecule has 1 aliphatic rings. The van der Waals surface area contributed by atoms with Crippen LogP contribution in [0.5, 0.6) is 11.5 Å². The van der Waals surface area contributed by atoms with Crippen molar-refractivity contribution < 1.29 is 24.0 Å². The highest BCUT2D eigenvalue weighted by Gasteiger charge is 2.33. The summed E-state index contributed by atoms with van der Waals surface area (Å²) in [7, 11) is 0. The molecule has 0 radical (unpaired) electrons. The predicted octanol–water partition coefficient (Wildman–Crippen LogP) is 2.86. The zero-order chi connectivity index (χ0) is 19.8. The lowest BCUT2D eigenvalue weighted by Gasteiger charge is -2.22. The van der Waals surface area contributed by atoms with Crippen LogP contribution in [-0.2, 0) is 6.54 Å². The SMILES string of the molecule is CC[NH+](CC)Cc1c([O-])cc(C)c2c1OC(=Cc1cc3ccccc3o1)C2=O. The molecule has 28 heavy (non-hydrogen) atoms. The Morgan fingerprint density at radius 1 is 1.14 bits per heavy atom. The van der Waals surface area contributed by atoms with Gasteiger partial charge in [0, 0.05) is 17.0 Å². The van der Waals surface area contributed by atoms with Crippen LogP contribution in [0.15, 0.2) is 46.6 Å². The number of hydrogen-bond acceptors (Lipinski definition) is 4. The number of allylic oxidation sites excluding steroid dienone is 1. The van der Waals surface area contributed by atoms with E-state index in [0.29, 0.717) is 34.7 Å². The molecule has 0 atom stereocenters. The Hall–Kier alpha value is -3.05. The second-order valence-electron chi connectivity index (χ2n) is 7.13. The van der Waals surface area contributed by atoms with E-state index in [0.717, 1.165) is 24.1 Å². The lowest BCUT2D eigenvalue weighted by atomic mass is 9.99. The summed E-state index contributed by atoms with van der Waals surface area (Å²) in [6.45, 7) is 8.27. The molecule has 0 bridgehead atoms. The summed E-state index contributed by atoms with van der Waals surface area (Å²) >= 11 is 0. The molecule has 1 N–H and O–H groups in total. The van der Waals surface area contributed by atoms with E-state index in [1.165, 1.54) is 4.90 Å². The summed E-state index contributed by atoms with van der Waals surface area (Å²) in [5.74, 6) is 0.876. The van der Waals surface area contributed by atoms with Crippen molar-refractivity contribution in [1.82, 2.24) is 0 Å². The molecule has 1 aromatic heterocycles. The van der Waals surface area contributed by atoms with Crippen LogP contribution in [0.25, 0.3) is 17.0 Å². The van der Waals surface area contributed by atoms with E-state index < -0.39 is 0 Å². The summed E-state index contributed by atoms with van der Waals surface area (Å²) in [6.07, 6.45) is 1.61. The lowest BCUT2D eigenvalue weighted by Crippen LogP contribution is -3.10. The molecule has 0 aliphatic carbocycles. The van der Waals surface area contributed by atoms with E-state index in [1.807, 2.05) is 30.3 Å². The molecule has 2 aromatic carbocycles. The van der Waals surface area contributed by atoms with Crippen molar-refractivity contribution in [2.45, 2.75) is 27.3 Å². The van der Waals surface area contributed by atoms with Crippen molar-refractivity contribution in [2.75, 3.05) is 13.1 Å². The number of rotatable bonds is 5. The van der Waals surface area contributed by atoms with Gasteiger partial charge in [0.2, 0.25) is 5.78 Å². The fourth-order valence-corrected chi connectivity index (χ4v) is 3.69. The summed E-state index contributed by atoms with van der Waals surface area (Å²) in [5.41, 5.74) is 2.46. The quantitative estimate of drug-likeness (QED) is 0.695. The van der Waals surface area contributed by atoms with E-state index in [4.69, 9.17) is 9.15 Å². The molecule has 5 heteroatoms. The van der Waals surface area contributed by atoms with Crippen molar-refractivity contribution in [3.05, 3.63) is 64.6 Å². The number of fused-ring (bicyclic) bond motifs is 2. The number of quaternary nitrogens is 1. The summed E-state index contributed by atoms with van der Waals surface area (Å²) < 4.78 is 11.7. The topological polar surface area (TPSA) is 66.9 Å². The fraction of sp³-hybridized carbons (Fsp3) is 0.261. The molecule has 3 aromatic rings. The van der Waals surface area contributed by atoms with Gasteiger partial charge in [-0.2, -0.15) is 0 Å². The largest absolute Gasteiger partial charge is 0.872 e. The van der Waals surface area contributed by atoms with E-state index in [-0.39, 0.29) is 17.3 Å². The number of para-hydroxylation sites is 1. The average Bonchev–Trinajstić information content (AvgIpc) is 3.23. The van der Waals surface area contributed by atoms with Gasteiger partial charge in [0.15, 0.2) is 5.76 Å². The highest BCUT2D eigenvalue weighted by molar-refractivity contribution is 6.15. The molecule has 0 saturated carbocycles. The van der Waals surface area contributed by atoms with Crippen LogP contribution >= 0.6 is 0 Å². The Labute approximate surface area is 163 Å². The molecule has 0 unspecified atom stereocenters. The first-order chi connectivity index (χ1) is 13.5. The van der Waals surface area contributed by atoms with Crippen LogP contribution in [0.4, 0.5) is 0 Å². The third-order valence-corrected chi connectivity index (χ3v) is 5.35. The number of carbonyl (C=O) groups excluding carboxylic acids is 1. The van der Waals surface area contributed by atoms with E-state index in [2.05, 4.69) is 13.8 Å². The summed E-state index contributed by atoms with van der Waals surface area (Å²) in [5, 5.41) is 13.6. The van der Waals surface area contributed by atoms with Crippen molar-refractivity contribution in [3.8, 4) is 11.5 Å². The standard InChI is InChI=1S/C23H23NO4/c1-4-24(5-2)13-17-18(25)10-14(3)21-22(26)20(28-23(17)21)12-16-11-15-8-6-7-9-19(15)27-16/h6-12,25H,4-5,13H2,1-3H3. The Morgan fingerprint density at radius 2 is 1.89 bits per heavy atom. The maximum absolute atomic E-state index is 13.0. The molecule has 0 spiro atoms.